The van der Waals surface area contributed by atoms with Crippen molar-refractivity contribution in [3.05, 3.63) is 35.6 Å². The van der Waals surface area contributed by atoms with Crippen molar-refractivity contribution in [3.63, 3.8) is 0 Å². The van der Waals surface area contributed by atoms with Crippen LogP contribution in [0.1, 0.15) is 36.5 Å². The summed E-state index contributed by atoms with van der Waals surface area (Å²) in [5.74, 6) is -0.391. The Hall–Kier alpha value is -1.99. The topological polar surface area (TPSA) is 55.9 Å². The van der Waals surface area contributed by atoms with Crippen molar-refractivity contribution in [2.45, 2.75) is 32.2 Å². The van der Waals surface area contributed by atoms with Gasteiger partial charge in [0.15, 0.2) is 0 Å². The Labute approximate surface area is 166 Å². The average molecular weight is 391 g/mol. The van der Waals surface area contributed by atoms with Gasteiger partial charge in [0.1, 0.15) is 5.82 Å². The van der Waals surface area contributed by atoms with Gasteiger partial charge < -0.3 is 15.1 Å². The summed E-state index contributed by atoms with van der Waals surface area (Å²) in [4.78, 5) is 31.7. The van der Waals surface area contributed by atoms with Crippen LogP contribution in [0.3, 0.4) is 0 Å². The number of likely N-dealkylation sites (tertiary alicyclic amines) is 1. The van der Waals surface area contributed by atoms with Gasteiger partial charge in [-0.05, 0) is 50.2 Å². The quantitative estimate of drug-likeness (QED) is 0.768. The zero-order valence-electron chi connectivity index (χ0n) is 16.7. The molecule has 0 unspecified atom stereocenters. The molecule has 0 spiro atoms. The fourth-order valence-electron chi connectivity index (χ4n) is 4.13. The number of halogens is 1. The monoisotopic (exact) mass is 390 g/mol. The molecule has 2 fully saturated rings. The van der Waals surface area contributed by atoms with E-state index in [1.54, 1.807) is 4.90 Å². The third-order valence-electron chi connectivity index (χ3n) is 5.78. The minimum absolute atomic E-state index is 0.0946. The smallest absolute Gasteiger partial charge is 0.253 e. The normalized spacial score (nSPS) is 20.4. The van der Waals surface area contributed by atoms with Crippen LogP contribution in [-0.4, -0.2) is 84.9 Å². The van der Waals surface area contributed by atoms with E-state index in [-0.39, 0.29) is 17.6 Å². The molecule has 1 atom stereocenters. The fraction of sp³-hybridized carbons (Fsp3) is 0.619. The molecule has 6 nitrogen and oxygen atoms in total. The lowest BCUT2D eigenvalue weighted by Gasteiger charge is -2.32. The van der Waals surface area contributed by atoms with Crippen molar-refractivity contribution in [3.8, 4) is 0 Å². The number of likely N-dealkylation sites (N-methyl/N-ethyl adjacent to an activating group) is 1. The number of carbonyl (C=O) groups is 2. The molecule has 1 aromatic rings. The summed E-state index contributed by atoms with van der Waals surface area (Å²) < 4.78 is 13.2. The lowest BCUT2D eigenvalue weighted by Crippen LogP contribution is -2.48. The number of nitrogens with one attached hydrogen (secondary N) is 1. The summed E-state index contributed by atoms with van der Waals surface area (Å²) in [6.45, 7) is 8.23. The Morgan fingerprint density at radius 2 is 1.89 bits per heavy atom. The summed E-state index contributed by atoms with van der Waals surface area (Å²) in [7, 11) is 0. The van der Waals surface area contributed by atoms with Gasteiger partial charge in [-0.15, -0.1) is 0 Å². The Balaban J connectivity index is 1.67. The molecule has 28 heavy (non-hydrogen) atoms. The summed E-state index contributed by atoms with van der Waals surface area (Å²) >= 11 is 0. The largest absolute Gasteiger partial charge is 0.340 e. The van der Waals surface area contributed by atoms with E-state index in [2.05, 4.69) is 17.1 Å². The van der Waals surface area contributed by atoms with E-state index in [0.29, 0.717) is 31.1 Å². The number of rotatable bonds is 7. The van der Waals surface area contributed by atoms with Gasteiger partial charge in [0.05, 0.1) is 0 Å². The minimum atomic E-state index is -0.357. The Bertz CT molecular complexity index is 661. The second-order valence-electron chi connectivity index (χ2n) is 7.56. The predicted molar refractivity (Wildman–Crippen MR) is 107 cm³/mol. The number of benzene rings is 1. The number of amides is 2. The summed E-state index contributed by atoms with van der Waals surface area (Å²) in [5, 5.41) is 3.24. The Morgan fingerprint density at radius 1 is 1.18 bits per heavy atom. The standard InChI is InChI=1S/C21H31FN4O2/c1-2-24-12-3-4-19(24)16-26(21(28)17-5-7-18(22)8-6-17)13-9-20(27)25-14-10-23-11-15-25/h5-8,19,23H,2-4,9-16H2,1H3/t19-/m1/s1. The van der Waals surface area contributed by atoms with Gasteiger partial charge in [0.2, 0.25) is 5.91 Å². The molecule has 2 saturated heterocycles. The highest BCUT2D eigenvalue weighted by molar-refractivity contribution is 5.94. The molecule has 2 aliphatic heterocycles. The first-order valence-electron chi connectivity index (χ1n) is 10.4. The molecule has 0 bridgehead atoms. The molecule has 0 radical (unpaired) electrons. The molecule has 0 aliphatic carbocycles. The zero-order valence-corrected chi connectivity index (χ0v) is 16.7. The maximum Gasteiger partial charge on any atom is 0.253 e. The van der Waals surface area contributed by atoms with E-state index in [1.807, 2.05) is 4.90 Å². The average Bonchev–Trinajstić information content (AvgIpc) is 3.18. The van der Waals surface area contributed by atoms with Crippen LogP contribution in [0.4, 0.5) is 4.39 Å². The molecule has 154 valence electrons. The first-order valence-corrected chi connectivity index (χ1v) is 10.4. The fourth-order valence-corrected chi connectivity index (χ4v) is 4.13. The van der Waals surface area contributed by atoms with Crippen molar-refractivity contribution in [1.29, 1.82) is 0 Å². The van der Waals surface area contributed by atoms with Crippen LogP contribution in [0.5, 0.6) is 0 Å². The summed E-state index contributed by atoms with van der Waals surface area (Å²) in [6, 6.07) is 5.99. The van der Waals surface area contributed by atoms with Crippen molar-refractivity contribution >= 4 is 11.8 Å². The van der Waals surface area contributed by atoms with Crippen LogP contribution in [0, 0.1) is 5.82 Å². The lowest BCUT2D eigenvalue weighted by molar-refractivity contribution is -0.132. The second kappa shape index (κ2) is 9.98. The van der Waals surface area contributed by atoms with Crippen molar-refractivity contribution in [1.82, 2.24) is 20.0 Å². The molecule has 7 heteroatoms. The minimum Gasteiger partial charge on any atom is -0.340 e. The van der Waals surface area contributed by atoms with Crippen molar-refractivity contribution < 1.29 is 14.0 Å². The molecule has 2 heterocycles. The highest BCUT2D eigenvalue weighted by Gasteiger charge is 2.28. The Kier molecular flexibility index (Phi) is 7.39. The van der Waals surface area contributed by atoms with E-state index < -0.39 is 0 Å². The summed E-state index contributed by atoms with van der Waals surface area (Å²) in [5.41, 5.74) is 0.470. The van der Waals surface area contributed by atoms with E-state index >= 15 is 0 Å². The molecule has 0 aromatic heterocycles. The summed E-state index contributed by atoms with van der Waals surface area (Å²) in [6.07, 6.45) is 2.52. The molecule has 1 N–H and O–H groups in total. The predicted octanol–water partition coefficient (Wildman–Crippen LogP) is 1.57. The second-order valence-corrected chi connectivity index (χ2v) is 7.56. The van der Waals surface area contributed by atoms with Crippen LogP contribution in [0.15, 0.2) is 24.3 Å². The van der Waals surface area contributed by atoms with Gasteiger partial charge in [0.25, 0.3) is 5.91 Å². The van der Waals surface area contributed by atoms with Crippen LogP contribution in [0.2, 0.25) is 0 Å². The zero-order chi connectivity index (χ0) is 19.9. The van der Waals surface area contributed by atoms with E-state index in [9.17, 15) is 14.0 Å². The number of carbonyl (C=O) groups excluding carboxylic acids is 2. The van der Waals surface area contributed by atoms with Gasteiger partial charge in [-0.2, -0.15) is 0 Å². The third-order valence-corrected chi connectivity index (χ3v) is 5.78. The van der Waals surface area contributed by atoms with Crippen LogP contribution < -0.4 is 5.32 Å². The lowest BCUT2D eigenvalue weighted by atomic mass is 10.1. The van der Waals surface area contributed by atoms with E-state index in [0.717, 1.165) is 52.1 Å². The molecular formula is C21H31FN4O2. The van der Waals surface area contributed by atoms with Gasteiger partial charge >= 0.3 is 0 Å². The van der Waals surface area contributed by atoms with Gasteiger partial charge in [0, 0.05) is 57.3 Å². The molecule has 0 saturated carbocycles. The third kappa shape index (κ3) is 5.29. The SMILES string of the molecule is CCN1CCC[C@@H]1CN(CCC(=O)N1CCNCC1)C(=O)c1ccc(F)cc1. The Morgan fingerprint density at radius 3 is 2.57 bits per heavy atom. The van der Waals surface area contributed by atoms with Crippen LogP contribution in [-0.2, 0) is 4.79 Å². The first-order chi connectivity index (χ1) is 13.6. The molecule has 2 aliphatic rings. The maximum atomic E-state index is 13.2. The highest BCUT2D eigenvalue weighted by atomic mass is 19.1. The number of hydrogen-bond donors (Lipinski definition) is 1. The van der Waals surface area contributed by atoms with Crippen molar-refractivity contribution in [2.24, 2.45) is 0 Å². The van der Waals surface area contributed by atoms with Crippen LogP contribution >= 0.6 is 0 Å². The highest BCUT2D eigenvalue weighted by Crippen LogP contribution is 2.19. The number of nitrogens with zero attached hydrogens (tertiary/aromatic N) is 3. The van der Waals surface area contributed by atoms with E-state index in [4.69, 9.17) is 0 Å². The molecule has 2 amide bonds. The van der Waals surface area contributed by atoms with E-state index in [1.165, 1.54) is 24.3 Å². The molecular weight excluding hydrogens is 359 g/mol. The van der Waals surface area contributed by atoms with Gasteiger partial charge in [-0.1, -0.05) is 6.92 Å². The maximum absolute atomic E-state index is 13.2. The van der Waals surface area contributed by atoms with Crippen molar-refractivity contribution in [2.75, 3.05) is 52.4 Å². The number of hydrogen-bond acceptors (Lipinski definition) is 4. The van der Waals surface area contributed by atoms with Gasteiger partial charge in [-0.3, -0.25) is 14.5 Å². The first kappa shape index (κ1) is 20.7. The van der Waals surface area contributed by atoms with Gasteiger partial charge in [-0.25, -0.2) is 4.39 Å². The molecule has 3 rings (SSSR count). The molecule has 1 aromatic carbocycles. The number of piperazine rings is 1. The van der Waals surface area contributed by atoms with Crippen LogP contribution in [0.25, 0.3) is 0 Å².